The quantitative estimate of drug-likeness (QED) is 0.782. The molecule has 130 valence electrons. The summed E-state index contributed by atoms with van der Waals surface area (Å²) in [7, 11) is 0. The van der Waals surface area contributed by atoms with Crippen LogP contribution in [0, 0.1) is 5.92 Å². The summed E-state index contributed by atoms with van der Waals surface area (Å²) in [4.78, 5) is 25.9. The zero-order valence-corrected chi connectivity index (χ0v) is 14.1. The lowest BCUT2D eigenvalue weighted by Crippen LogP contribution is -2.37. The van der Waals surface area contributed by atoms with E-state index in [9.17, 15) is 9.59 Å². The summed E-state index contributed by atoms with van der Waals surface area (Å²) in [5, 5.41) is 3.90. The third kappa shape index (κ3) is 3.16. The second-order valence-electron chi connectivity index (χ2n) is 6.84. The second-order valence-corrected chi connectivity index (χ2v) is 6.84. The molecule has 1 saturated carbocycles. The van der Waals surface area contributed by atoms with Crippen molar-refractivity contribution in [3.05, 3.63) is 47.3 Å². The molecule has 6 nitrogen and oxygen atoms in total. The Labute approximate surface area is 145 Å². The highest BCUT2D eigenvalue weighted by Crippen LogP contribution is 2.38. The molecule has 0 radical (unpaired) electrons. The molecule has 25 heavy (non-hydrogen) atoms. The molecular weight excluding hydrogens is 320 g/mol. The summed E-state index contributed by atoms with van der Waals surface area (Å²) in [6, 6.07) is 8.97. The van der Waals surface area contributed by atoms with Gasteiger partial charge < -0.3 is 14.2 Å². The van der Waals surface area contributed by atoms with E-state index in [1.165, 1.54) is 13.3 Å². The molecule has 2 fully saturated rings. The Bertz CT molecular complexity index is 813. The van der Waals surface area contributed by atoms with Crippen molar-refractivity contribution in [2.24, 2.45) is 5.92 Å². The first kappa shape index (κ1) is 15.9. The van der Waals surface area contributed by atoms with Gasteiger partial charge in [0.05, 0.1) is 0 Å². The van der Waals surface area contributed by atoms with E-state index in [2.05, 4.69) is 5.16 Å². The topological polar surface area (TPSA) is 72.6 Å². The molecular formula is C19H20N2O4. The molecule has 1 aromatic heterocycles. The van der Waals surface area contributed by atoms with Crippen molar-refractivity contribution in [2.45, 2.75) is 38.8 Å². The van der Waals surface area contributed by atoms with Crippen molar-refractivity contribution in [3.63, 3.8) is 0 Å². The van der Waals surface area contributed by atoms with E-state index in [0.29, 0.717) is 34.7 Å². The number of benzene rings is 1. The first-order valence-electron chi connectivity index (χ1n) is 8.60. The van der Waals surface area contributed by atoms with Gasteiger partial charge in [0.2, 0.25) is 0 Å². The van der Waals surface area contributed by atoms with E-state index in [1.807, 2.05) is 4.90 Å². The highest BCUT2D eigenvalue weighted by atomic mass is 16.5. The minimum atomic E-state index is -0.0548. The summed E-state index contributed by atoms with van der Waals surface area (Å²) in [5.41, 5.74) is 0.929. The molecule has 0 spiro atoms. The van der Waals surface area contributed by atoms with Crippen molar-refractivity contribution < 1.29 is 18.8 Å². The number of carbonyl (C=O) groups excluding carboxylic acids is 2. The molecule has 1 aromatic carbocycles. The SMILES string of the molecule is CC(=O)c1cccc(OCc2cc(C(=O)N3C[C@H]4CC[C@H]3C4)no2)c1. The van der Waals surface area contributed by atoms with Crippen LogP contribution < -0.4 is 4.74 Å². The fraction of sp³-hybridized carbons (Fsp3) is 0.421. The summed E-state index contributed by atoms with van der Waals surface area (Å²) in [5.74, 6) is 1.64. The van der Waals surface area contributed by atoms with Gasteiger partial charge in [0.25, 0.3) is 5.91 Å². The van der Waals surface area contributed by atoms with Crippen LogP contribution in [-0.4, -0.2) is 34.3 Å². The monoisotopic (exact) mass is 340 g/mol. The summed E-state index contributed by atoms with van der Waals surface area (Å²) in [6.07, 6.45) is 3.44. The van der Waals surface area contributed by atoms with Crippen molar-refractivity contribution in [1.29, 1.82) is 0 Å². The first-order chi connectivity index (χ1) is 12.1. The molecule has 0 N–H and O–H groups in total. The predicted molar refractivity (Wildman–Crippen MR) is 89.4 cm³/mol. The molecule has 2 bridgehead atoms. The van der Waals surface area contributed by atoms with E-state index in [1.54, 1.807) is 30.3 Å². The van der Waals surface area contributed by atoms with E-state index >= 15 is 0 Å². The van der Waals surface area contributed by atoms with Gasteiger partial charge in [0, 0.05) is 24.2 Å². The maximum atomic E-state index is 12.6. The van der Waals surface area contributed by atoms with Crippen molar-refractivity contribution in [1.82, 2.24) is 10.1 Å². The Morgan fingerprint density at radius 2 is 2.20 bits per heavy atom. The lowest BCUT2D eigenvalue weighted by atomic mass is 10.1. The average molecular weight is 340 g/mol. The van der Waals surface area contributed by atoms with Crippen LogP contribution in [-0.2, 0) is 6.61 Å². The standard InChI is InChI=1S/C19H20N2O4/c1-12(22)14-3-2-4-16(8-14)24-11-17-9-18(20-25-17)19(23)21-10-13-5-6-15(21)7-13/h2-4,8-9,13,15H,5-7,10-11H2,1H3/t13-,15-/m0/s1. The molecule has 1 aliphatic heterocycles. The van der Waals surface area contributed by atoms with Gasteiger partial charge in [0.15, 0.2) is 17.2 Å². The van der Waals surface area contributed by atoms with Crippen molar-refractivity contribution in [3.8, 4) is 5.75 Å². The number of likely N-dealkylation sites (tertiary alicyclic amines) is 1. The van der Waals surface area contributed by atoms with Gasteiger partial charge in [-0.3, -0.25) is 9.59 Å². The van der Waals surface area contributed by atoms with Crippen LogP contribution in [0.15, 0.2) is 34.9 Å². The Hall–Kier alpha value is -2.63. The third-order valence-electron chi connectivity index (χ3n) is 5.07. The minimum absolute atomic E-state index is 0.0158. The van der Waals surface area contributed by atoms with E-state index in [-0.39, 0.29) is 18.3 Å². The van der Waals surface area contributed by atoms with Crippen LogP contribution in [0.1, 0.15) is 52.8 Å². The van der Waals surface area contributed by atoms with Gasteiger partial charge >= 0.3 is 0 Å². The highest BCUT2D eigenvalue weighted by Gasteiger charge is 2.41. The number of hydrogen-bond acceptors (Lipinski definition) is 5. The van der Waals surface area contributed by atoms with Crippen LogP contribution >= 0.6 is 0 Å². The molecule has 2 aliphatic rings. The Kier molecular flexibility index (Phi) is 4.03. The smallest absolute Gasteiger partial charge is 0.276 e. The largest absolute Gasteiger partial charge is 0.486 e. The fourth-order valence-electron chi connectivity index (χ4n) is 3.76. The number of ketones is 1. The lowest BCUT2D eigenvalue weighted by Gasteiger charge is -2.25. The molecule has 2 atom stereocenters. The number of piperidine rings is 1. The number of aromatic nitrogens is 1. The van der Waals surface area contributed by atoms with Crippen LogP contribution in [0.25, 0.3) is 0 Å². The highest BCUT2D eigenvalue weighted by molar-refractivity contribution is 5.94. The zero-order chi connectivity index (χ0) is 17.4. The molecule has 1 amide bonds. The van der Waals surface area contributed by atoms with Gasteiger partial charge in [-0.15, -0.1) is 0 Å². The number of carbonyl (C=O) groups is 2. The summed E-state index contributed by atoms with van der Waals surface area (Å²) in [6.45, 7) is 2.51. The molecule has 2 heterocycles. The van der Waals surface area contributed by atoms with Gasteiger partial charge in [0.1, 0.15) is 12.4 Å². The van der Waals surface area contributed by atoms with Crippen molar-refractivity contribution >= 4 is 11.7 Å². The molecule has 6 heteroatoms. The number of Topliss-reactive ketones (excluding diaryl/α,β-unsaturated/α-hetero) is 1. The molecule has 1 aliphatic carbocycles. The maximum Gasteiger partial charge on any atom is 0.276 e. The second kappa shape index (κ2) is 6.35. The van der Waals surface area contributed by atoms with Crippen molar-refractivity contribution in [2.75, 3.05) is 6.54 Å². The van der Waals surface area contributed by atoms with Crippen LogP contribution in [0.3, 0.4) is 0 Å². The average Bonchev–Trinajstić information content (AvgIpc) is 3.36. The lowest BCUT2D eigenvalue weighted by molar-refractivity contribution is 0.0692. The summed E-state index contributed by atoms with van der Waals surface area (Å²) >= 11 is 0. The minimum Gasteiger partial charge on any atom is -0.486 e. The molecule has 4 rings (SSSR count). The number of ether oxygens (including phenoxy) is 1. The first-order valence-corrected chi connectivity index (χ1v) is 8.60. The Morgan fingerprint density at radius 3 is 2.92 bits per heavy atom. The molecule has 2 aromatic rings. The van der Waals surface area contributed by atoms with Gasteiger partial charge in [-0.2, -0.15) is 0 Å². The van der Waals surface area contributed by atoms with E-state index in [0.717, 1.165) is 19.4 Å². The van der Waals surface area contributed by atoms with Gasteiger partial charge in [-0.05, 0) is 44.2 Å². The summed E-state index contributed by atoms with van der Waals surface area (Å²) < 4.78 is 10.9. The predicted octanol–water partition coefficient (Wildman–Crippen LogP) is 3.08. The van der Waals surface area contributed by atoms with E-state index < -0.39 is 0 Å². The number of fused-ring (bicyclic) bond motifs is 2. The number of rotatable bonds is 5. The Balaban J connectivity index is 1.39. The number of hydrogen-bond donors (Lipinski definition) is 0. The fourth-order valence-corrected chi connectivity index (χ4v) is 3.76. The van der Waals surface area contributed by atoms with Crippen LogP contribution in [0.5, 0.6) is 5.75 Å². The number of nitrogens with zero attached hydrogens (tertiary/aromatic N) is 2. The molecule has 0 unspecified atom stereocenters. The van der Waals surface area contributed by atoms with E-state index in [4.69, 9.17) is 9.26 Å². The third-order valence-corrected chi connectivity index (χ3v) is 5.07. The maximum absolute atomic E-state index is 12.6. The van der Waals surface area contributed by atoms with Gasteiger partial charge in [-0.25, -0.2) is 0 Å². The Morgan fingerprint density at radius 1 is 1.32 bits per heavy atom. The normalized spacial score (nSPS) is 21.6. The van der Waals surface area contributed by atoms with Crippen LogP contribution in [0.4, 0.5) is 0 Å². The van der Waals surface area contributed by atoms with Crippen LogP contribution in [0.2, 0.25) is 0 Å². The number of amides is 1. The molecule has 1 saturated heterocycles. The zero-order valence-electron chi connectivity index (χ0n) is 14.1. The van der Waals surface area contributed by atoms with Gasteiger partial charge in [-0.1, -0.05) is 17.3 Å².